The molecule has 1 aromatic heterocycles. The smallest absolute Gasteiger partial charge is 0.135 e. The Hall–Kier alpha value is -2.33. The van der Waals surface area contributed by atoms with E-state index in [4.69, 9.17) is 4.74 Å². The number of rotatable bonds is 4. The summed E-state index contributed by atoms with van der Waals surface area (Å²) >= 11 is 0. The summed E-state index contributed by atoms with van der Waals surface area (Å²) in [6, 6.07) is 11.7. The van der Waals surface area contributed by atoms with Crippen LogP contribution in [0.15, 0.2) is 48.9 Å². The fourth-order valence-corrected chi connectivity index (χ4v) is 2.80. The highest BCUT2D eigenvalue weighted by Crippen LogP contribution is 2.37. The van der Waals surface area contributed by atoms with Gasteiger partial charge in [0.05, 0.1) is 12.0 Å². The Labute approximate surface area is 129 Å². The number of hydrogen-bond donors (Lipinski definition) is 2. The highest BCUT2D eigenvalue weighted by atomic mass is 16.5. The molecular weight excluding hydrogens is 276 g/mol. The summed E-state index contributed by atoms with van der Waals surface area (Å²) in [4.78, 5) is 7.18. The Kier molecular flexibility index (Phi) is 3.62. The Morgan fingerprint density at radius 1 is 1.18 bits per heavy atom. The predicted octanol–water partition coefficient (Wildman–Crippen LogP) is 3.63. The molecule has 0 amide bonds. The molecule has 0 spiro atoms. The Morgan fingerprint density at radius 3 is 2.55 bits per heavy atom. The van der Waals surface area contributed by atoms with Crippen LogP contribution in [0.3, 0.4) is 0 Å². The minimum Gasteiger partial charge on any atom is -0.490 e. The highest BCUT2D eigenvalue weighted by Gasteiger charge is 2.37. The first kappa shape index (κ1) is 14.6. The number of aromatic nitrogens is 2. The van der Waals surface area contributed by atoms with E-state index in [0.29, 0.717) is 11.4 Å². The van der Waals surface area contributed by atoms with Gasteiger partial charge in [0.15, 0.2) is 0 Å². The molecule has 0 bridgehead atoms. The molecule has 1 radical (unpaired) electrons. The molecule has 1 unspecified atom stereocenters. The van der Waals surface area contributed by atoms with Crippen LogP contribution in [0, 0.1) is 13.0 Å². The lowest BCUT2D eigenvalue weighted by molar-refractivity contribution is 0.0281. The van der Waals surface area contributed by atoms with Crippen LogP contribution < -0.4 is 4.74 Å². The molecule has 22 heavy (non-hydrogen) atoms. The van der Waals surface area contributed by atoms with Gasteiger partial charge in [-0.1, -0.05) is 32.0 Å². The third-order valence-electron chi connectivity index (χ3n) is 4.14. The van der Waals surface area contributed by atoms with Crippen molar-refractivity contribution in [3.63, 3.8) is 0 Å². The quantitative estimate of drug-likeness (QED) is 0.773. The summed E-state index contributed by atoms with van der Waals surface area (Å²) in [6.45, 7) is 3.97. The molecule has 2 aromatic carbocycles. The van der Waals surface area contributed by atoms with Crippen molar-refractivity contribution in [3.05, 3.63) is 67.3 Å². The van der Waals surface area contributed by atoms with Crippen LogP contribution >= 0.6 is 0 Å². The number of hydrogen-bond acceptors (Lipinski definition) is 3. The van der Waals surface area contributed by atoms with Crippen molar-refractivity contribution in [1.82, 2.24) is 9.97 Å². The maximum Gasteiger partial charge on any atom is 0.135 e. The zero-order valence-electron chi connectivity index (χ0n) is 12.7. The molecule has 4 heteroatoms. The first-order valence-electron chi connectivity index (χ1n) is 7.23. The van der Waals surface area contributed by atoms with Crippen LogP contribution in [0.5, 0.6) is 5.75 Å². The number of H-pyrrole nitrogens is 1. The number of fused-ring (bicyclic) bond motifs is 1. The molecule has 0 aliphatic carbocycles. The fourth-order valence-electron chi connectivity index (χ4n) is 2.80. The van der Waals surface area contributed by atoms with Gasteiger partial charge in [-0.2, -0.15) is 0 Å². The lowest BCUT2D eigenvalue weighted by Gasteiger charge is -2.31. The van der Waals surface area contributed by atoms with Gasteiger partial charge < -0.3 is 14.8 Å². The van der Waals surface area contributed by atoms with Crippen molar-refractivity contribution in [2.45, 2.75) is 19.4 Å². The summed E-state index contributed by atoms with van der Waals surface area (Å²) in [5, 5.41) is 13.3. The van der Waals surface area contributed by atoms with Crippen LogP contribution in [0.4, 0.5) is 0 Å². The van der Waals surface area contributed by atoms with Crippen LogP contribution in [-0.4, -0.2) is 15.1 Å². The standard InChI is InChI=1S/C18H19N2O2/c1-12(2)18(21,17-10-19-11-20-17)15-6-4-14-9-16(22-3)7-5-13(14)8-15/h4-12,21H,3H2,1-2H3,(H,19,20). The number of aromatic amines is 1. The lowest BCUT2D eigenvalue weighted by atomic mass is 9.80. The second kappa shape index (κ2) is 5.46. The van der Waals surface area contributed by atoms with E-state index < -0.39 is 5.60 Å². The van der Waals surface area contributed by atoms with Gasteiger partial charge in [0.2, 0.25) is 0 Å². The maximum absolute atomic E-state index is 11.3. The van der Waals surface area contributed by atoms with Crippen molar-refractivity contribution < 1.29 is 9.84 Å². The van der Waals surface area contributed by atoms with Crippen molar-refractivity contribution >= 4 is 10.8 Å². The zero-order chi connectivity index (χ0) is 15.7. The van der Waals surface area contributed by atoms with Gasteiger partial charge in [-0.25, -0.2) is 4.98 Å². The number of aliphatic hydroxyl groups is 1. The van der Waals surface area contributed by atoms with Gasteiger partial charge in [0.25, 0.3) is 0 Å². The molecule has 113 valence electrons. The molecule has 0 fully saturated rings. The van der Waals surface area contributed by atoms with E-state index in [1.807, 2.05) is 50.2 Å². The highest BCUT2D eigenvalue weighted by molar-refractivity contribution is 5.84. The van der Waals surface area contributed by atoms with Gasteiger partial charge in [-0.05, 0) is 40.5 Å². The third-order valence-corrected chi connectivity index (χ3v) is 4.14. The maximum atomic E-state index is 11.3. The molecule has 0 aliphatic heterocycles. The van der Waals surface area contributed by atoms with E-state index in [0.717, 1.165) is 16.3 Å². The zero-order valence-corrected chi connectivity index (χ0v) is 12.7. The molecule has 3 rings (SSSR count). The second-order valence-electron chi connectivity index (χ2n) is 5.74. The van der Waals surface area contributed by atoms with E-state index in [1.165, 1.54) is 0 Å². The largest absolute Gasteiger partial charge is 0.490 e. The first-order valence-corrected chi connectivity index (χ1v) is 7.23. The van der Waals surface area contributed by atoms with E-state index in [2.05, 4.69) is 17.1 Å². The summed E-state index contributed by atoms with van der Waals surface area (Å²) in [5.41, 5.74) is 0.320. The Morgan fingerprint density at radius 2 is 1.91 bits per heavy atom. The summed E-state index contributed by atoms with van der Waals surface area (Å²) in [6.07, 6.45) is 3.32. The summed E-state index contributed by atoms with van der Waals surface area (Å²) in [5.74, 6) is 0.697. The third kappa shape index (κ3) is 2.25. The summed E-state index contributed by atoms with van der Waals surface area (Å²) in [7, 11) is 3.42. The molecule has 2 N–H and O–H groups in total. The normalized spacial score (nSPS) is 14.2. The van der Waals surface area contributed by atoms with E-state index in [-0.39, 0.29) is 5.92 Å². The first-order chi connectivity index (χ1) is 10.6. The fraction of sp³-hybridized carbons (Fsp3) is 0.222. The van der Waals surface area contributed by atoms with Crippen molar-refractivity contribution in [3.8, 4) is 5.75 Å². The summed E-state index contributed by atoms with van der Waals surface area (Å²) < 4.78 is 5.00. The molecule has 1 atom stereocenters. The molecule has 3 aromatic rings. The average molecular weight is 295 g/mol. The molecule has 4 nitrogen and oxygen atoms in total. The molecule has 0 aliphatic rings. The number of nitrogens with one attached hydrogen (secondary N) is 1. The minimum atomic E-state index is -1.13. The number of nitrogens with zero attached hydrogens (tertiary/aromatic N) is 1. The van der Waals surface area contributed by atoms with Crippen LogP contribution in [0.1, 0.15) is 25.1 Å². The Bertz CT molecular complexity index is 781. The Balaban J connectivity index is 2.15. The predicted molar refractivity (Wildman–Crippen MR) is 86.4 cm³/mol. The van der Waals surface area contributed by atoms with Gasteiger partial charge in [-0.15, -0.1) is 0 Å². The number of ether oxygens (including phenoxy) is 1. The van der Waals surface area contributed by atoms with Gasteiger partial charge >= 0.3 is 0 Å². The van der Waals surface area contributed by atoms with E-state index >= 15 is 0 Å². The lowest BCUT2D eigenvalue weighted by Crippen LogP contribution is -2.33. The minimum absolute atomic E-state index is 0.0179. The van der Waals surface area contributed by atoms with Crippen molar-refractivity contribution in [2.24, 2.45) is 5.92 Å². The molecular formula is C18H19N2O2. The van der Waals surface area contributed by atoms with E-state index in [9.17, 15) is 5.11 Å². The second-order valence-corrected chi connectivity index (χ2v) is 5.74. The number of imidazole rings is 1. The SMILES string of the molecule is [CH2]Oc1ccc2cc(C(O)(c3c[nH]cn3)C(C)C)ccc2c1. The van der Waals surface area contributed by atoms with Crippen LogP contribution in [0.2, 0.25) is 0 Å². The van der Waals surface area contributed by atoms with Crippen LogP contribution in [-0.2, 0) is 5.60 Å². The van der Waals surface area contributed by atoms with E-state index in [1.54, 1.807) is 12.5 Å². The van der Waals surface area contributed by atoms with Gasteiger partial charge in [-0.3, -0.25) is 0 Å². The van der Waals surface area contributed by atoms with Crippen molar-refractivity contribution in [1.29, 1.82) is 0 Å². The number of benzene rings is 2. The average Bonchev–Trinajstić information content (AvgIpc) is 3.07. The van der Waals surface area contributed by atoms with Gasteiger partial charge in [0, 0.05) is 6.20 Å². The topological polar surface area (TPSA) is 58.1 Å². The molecule has 0 saturated heterocycles. The van der Waals surface area contributed by atoms with Gasteiger partial charge in [0.1, 0.15) is 18.5 Å². The van der Waals surface area contributed by atoms with Crippen LogP contribution in [0.25, 0.3) is 10.8 Å². The van der Waals surface area contributed by atoms with Crippen molar-refractivity contribution in [2.75, 3.05) is 0 Å². The molecule has 0 saturated carbocycles. The monoisotopic (exact) mass is 295 g/mol. The molecule has 1 heterocycles.